The van der Waals surface area contributed by atoms with Crippen LogP contribution in [0.5, 0.6) is 5.75 Å². The maximum absolute atomic E-state index is 12.1. The molecule has 0 atom stereocenters. The van der Waals surface area contributed by atoms with Crippen LogP contribution in [0.4, 0.5) is 5.69 Å². The van der Waals surface area contributed by atoms with E-state index >= 15 is 0 Å². The van der Waals surface area contributed by atoms with Crippen LogP contribution in [0, 0.1) is 13.8 Å². The Labute approximate surface area is 113 Å². The van der Waals surface area contributed by atoms with Crippen molar-refractivity contribution in [2.24, 2.45) is 0 Å². The molecule has 0 aliphatic heterocycles. The predicted molar refractivity (Wildman–Crippen MR) is 76.9 cm³/mol. The van der Waals surface area contributed by atoms with E-state index in [-0.39, 0.29) is 5.91 Å². The summed E-state index contributed by atoms with van der Waals surface area (Å²) in [6.07, 6.45) is 0. The molecular weight excluding hydrogens is 238 g/mol. The van der Waals surface area contributed by atoms with Gasteiger partial charge in [-0.3, -0.25) is 4.79 Å². The van der Waals surface area contributed by atoms with Crippen LogP contribution in [-0.2, 0) is 0 Å². The summed E-state index contributed by atoms with van der Waals surface area (Å²) in [5, 5.41) is 2.86. The second-order valence-corrected chi connectivity index (χ2v) is 4.50. The molecule has 2 aromatic carbocycles. The lowest BCUT2D eigenvalue weighted by atomic mass is 10.1. The van der Waals surface area contributed by atoms with Crippen LogP contribution >= 0.6 is 0 Å². The molecule has 0 aromatic heterocycles. The van der Waals surface area contributed by atoms with E-state index in [9.17, 15) is 4.79 Å². The summed E-state index contributed by atoms with van der Waals surface area (Å²) in [4.78, 5) is 12.1. The Balaban J connectivity index is 2.18. The number of benzene rings is 2. The zero-order valence-corrected chi connectivity index (χ0v) is 11.4. The Morgan fingerprint density at radius 3 is 2.37 bits per heavy atom. The SMILES string of the molecule is COc1cc(C(=O)Nc2ccc(C)cc2)ccc1C. The minimum atomic E-state index is -0.137. The van der Waals surface area contributed by atoms with Gasteiger partial charge in [0.1, 0.15) is 5.75 Å². The summed E-state index contributed by atoms with van der Waals surface area (Å²) in [7, 11) is 1.60. The molecule has 0 saturated heterocycles. The molecule has 0 heterocycles. The number of rotatable bonds is 3. The van der Waals surface area contributed by atoms with Gasteiger partial charge in [-0.25, -0.2) is 0 Å². The van der Waals surface area contributed by atoms with E-state index in [0.29, 0.717) is 5.56 Å². The molecule has 98 valence electrons. The van der Waals surface area contributed by atoms with Crippen molar-refractivity contribution in [3.63, 3.8) is 0 Å². The smallest absolute Gasteiger partial charge is 0.255 e. The molecule has 3 heteroatoms. The second kappa shape index (κ2) is 5.57. The molecule has 19 heavy (non-hydrogen) atoms. The largest absolute Gasteiger partial charge is 0.496 e. The van der Waals surface area contributed by atoms with Crippen LogP contribution in [0.3, 0.4) is 0 Å². The summed E-state index contributed by atoms with van der Waals surface area (Å²) < 4.78 is 5.22. The van der Waals surface area contributed by atoms with Gasteiger partial charge in [0.05, 0.1) is 7.11 Å². The fraction of sp³-hybridized carbons (Fsp3) is 0.188. The first-order chi connectivity index (χ1) is 9.10. The number of ether oxygens (including phenoxy) is 1. The van der Waals surface area contributed by atoms with E-state index < -0.39 is 0 Å². The molecule has 0 aliphatic rings. The van der Waals surface area contributed by atoms with Gasteiger partial charge < -0.3 is 10.1 Å². The molecule has 2 aromatic rings. The predicted octanol–water partition coefficient (Wildman–Crippen LogP) is 3.56. The highest BCUT2D eigenvalue weighted by Crippen LogP contribution is 2.20. The zero-order chi connectivity index (χ0) is 13.8. The van der Waals surface area contributed by atoms with E-state index in [2.05, 4.69) is 5.32 Å². The molecular formula is C16H17NO2. The first kappa shape index (κ1) is 13.1. The number of hydrogen-bond donors (Lipinski definition) is 1. The third-order valence-electron chi connectivity index (χ3n) is 2.98. The number of methoxy groups -OCH3 is 1. The maximum atomic E-state index is 12.1. The van der Waals surface area contributed by atoms with Crippen molar-refractivity contribution in [2.45, 2.75) is 13.8 Å². The molecule has 0 fully saturated rings. The normalized spacial score (nSPS) is 10.1. The third-order valence-corrected chi connectivity index (χ3v) is 2.98. The zero-order valence-electron chi connectivity index (χ0n) is 11.4. The number of carbonyl (C=O) groups excluding carboxylic acids is 1. The average molecular weight is 255 g/mol. The molecule has 1 N–H and O–H groups in total. The van der Waals surface area contributed by atoms with Gasteiger partial charge in [0.15, 0.2) is 0 Å². The molecule has 0 saturated carbocycles. The Bertz CT molecular complexity index is 588. The Kier molecular flexibility index (Phi) is 3.85. The van der Waals surface area contributed by atoms with Crippen molar-refractivity contribution in [3.8, 4) is 5.75 Å². The summed E-state index contributed by atoms with van der Waals surface area (Å²) in [5.74, 6) is 0.582. The first-order valence-electron chi connectivity index (χ1n) is 6.13. The highest BCUT2D eigenvalue weighted by atomic mass is 16.5. The lowest BCUT2D eigenvalue weighted by molar-refractivity contribution is 0.102. The van der Waals surface area contributed by atoms with Crippen LogP contribution in [0.2, 0.25) is 0 Å². The minimum Gasteiger partial charge on any atom is -0.496 e. The van der Waals surface area contributed by atoms with E-state index in [1.807, 2.05) is 44.2 Å². The lowest BCUT2D eigenvalue weighted by Gasteiger charge is -2.09. The average Bonchev–Trinajstić information content (AvgIpc) is 2.42. The Morgan fingerprint density at radius 2 is 1.74 bits per heavy atom. The lowest BCUT2D eigenvalue weighted by Crippen LogP contribution is -2.12. The summed E-state index contributed by atoms with van der Waals surface area (Å²) >= 11 is 0. The van der Waals surface area contributed by atoms with Gasteiger partial charge in [-0.2, -0.15) is 0 Å². The molecule has 3 nitrogen and oxygen atoms in total. The molecule has 2 rings (SSSR count). The van der Waals surface area contributed by atoms with Crippen molar-refractivity contribution in [1.29, 1.82) is 0 Å². The standard InChI is InChI=1S/C16H17NO2/c1-11-4-8-14(9-5-11)17-16(18)13-7-6-12(2)15(10-13)19-3/h4-10H,1-3H3,(H,17,18). The fourth-order valence-corrected chi connectivity index (χ4v) is 1.80. The van der Waals surface area contributed by atoms with Crippen LogP contribution < -0.4 is 10.1 Å². The Hall–Kier alpha value is -2.29. The van der Waals surface area contributed by atoms with Crippen molar-refractivity contribution >= 4 is 11.6 Å². The highest BCUT2D eigenvalue weighted by molar-refractivity contribution is 6.04. The number of nitrogens with one attached hydrogen (secondary N) is 1. The third kappa shape index (κ3) is 3.13. The molecule has 0 bridgehead atoms. The van der Waals surface area contributed by atoms with Gasteiger partial charge >= 0.3 is 0 Å². The topological polar surface area (TPSA) is 38.3 Å². The van der Waals surface area contributed by atoms with Crippen LogP contribution in [0.1, 0.15) is 21.5 Å². The number of amides is 1. The van der Waals surface area contributed by atoms with Gasteiger partial charge in [0.2, 0.25) is 0 Å². The van der Waals surface area contributed by atoms with Crippen molar-refractivity contribution in [1.82, 2.24) is 0 Å². The highest BCUT2D eigenvalue weighted by Gasteiger charge is 2.08. The fourth-order valence-electron chi connectivity index (χ4n) is 1.80. The van der Waals surface area contributed by atoms with Crippen molar-refractivity contribution in [2.75, 3.05) is 12.4 Å². The van der Waals surface area contributed by atoms with Crippen molar-refractivity contribution < 1.29 is 9.53 Å². The van der Waals surface area contributed by atoms with E-state index in [1.165, 1.54) is 0 Å². The summed E-state index contributed by atoms with van der Waals surface area (Å²) in [6, 6.07) is 13.1. The number of aryl methyl sites for hydroxylation is 2. The molecule has 1 amide bonds. The minimum absolute atomic E-state index is 0.137. The molecule has 0 spiro atoms. The van der Waals surface area contributed by atoms with Gasteiger partial charge in [-0.15, -0.1) is 0 Å². The summed E-state index contributed by atoms with van der Waals surface area (Å²) in [5.41, 5.74) is 3.54. The van der Waals surface area contributed by atoms with Gasteiger partial charge in [-0.1, -0.05) is 23.8 Å². The monoisotopic (exact) mass is 255 g/mol. The number of carbonyl (C=O) groups is 1. The van der Waals surface area contributed by atoms with Crippen LogP contribution in [-0.4, -0.2) is 13.0 Å². The maximum Gasteiger partial charge on any atom is 0.255 e. The second-order valence-electron chi connectivity index (χ2n) is 4.50. The van der Waals surface area contributed by atoms with Gasteiger partial charge in [-0.05, 0) is 43.7 Å². The quantitative estimate of drug-likeness (QED) is 0.910. The van der Waals surface area contributed by atoms with Gasteiger partial charge in [0, 0.05) is 11.3 Å². The van der Waals surface area contributed by atoms with E-state index in [1.54, 1.807) is 19.2 Å². The van der Waals surface area contributed by atoms with Crippen molar-refractivity contribution in [3.05, 3.63) is 59.2 Å². The number of hydrogen-bond acceptors (Lipinski definition) is 2. The molecule has 0 radical (unpaired) electrons. The van der Waals surface area contributed by atoms with Gasteiger partial charge in [0.25, 0.3) is 5.91 Å². The Morgan fingerprint density at radius 1 is 1.05 bits per heavy atom. The molecule has 0 unspecified atom stereocenters. The van der Waals surface area contributed by atoms with Crippen LogP contribution in [0.25, 0.3) is 0 Å². The van der Waals surface area contributed by atoms with E-state index in [0.717, 1.165) is 22.6 Å². The summed E-state index contributed by atoms with van der Waals surface area (Å²) in [6.45, 7) is 3.96. The molecule has 0 aliphatic carbocycles. The number of anilines is 1. The van der Waals surface area contributed by atoms with E-state index in [4.69, 9.17) is 4.74 Å². The first-order valence-corrected chi connectivity index (χ1v) is 6.13. The van der Waals surface area contributed by atoms with Crippen LogP contribution in [0.15, 0.2) is 42.5 Å².